The molecule has 1 N–H and O–H groups in total. The highest BCUT2D eigenvalue weighted by molar-refractivity contribution is 6.02. The molecule has 0 fully saturated rings. The molecule has 5 heteroatoms. The van der Waals surface area contributed by atoms with Crippen LogP contribution in [0.2, 0.25) is 0 Å². The highest BCUT2D eigenvalue weighted by Crippen LogP contribution is 2.32. The fraction of sp³-hybridized carbons (Fsp3) is 0.250. The van der Waals surface area contributed by atoms with Gasteiger partial charge in [-0.15, -0.1) is 0 Å². The number of carbonyl (C=O) groups is 1. The number of hydrogen-bond donors (Lipinski definition) is 1. The summed E-state index contributed by atoms with van der Waals surface area (Å²) in [5.41, 5.74) is 1.29. The molecule has 1 aliphatic rings. The summed E-state index contributed by atoms with van der Waals surface area (Å²) in [6, 6.07) is 4.98. The summed E-state index contributed by atoms with van der Waals surface area (Å²) in [5.74, 6) is 0.0526. The molecule has 0 atom stereocenters. The highest BCUT2D eigenvalue weighted by atomic mass is 19.3. The minimum absolute atomic E-state index is 0.0335. The van der Waals surface area contributed by atoms with Crippen LogP contribution in [0.15, 0.2) is 29.1 Å². The predicted molar refractivity (Wildman–Crippen MR) is 76.5 cm³/mol. The second-order valence-corrected chi connectivity index (χ2v) is 5.19. The number of pyridine rings is 1. The Labute approximate surface area is 119 Å². The third-order valence-corrected chi connectivity index (χ3v) is 3.87. The molecular weight excluding hydrogens is 276 g/mol. The summed E-state index contributed by atoms with van der Waals surface area (Å²) >= 11 is 0. The molecule has 0 spiro atoms. The molecule has 0 amide bonds. The molecule has 3 rings (SSSR count). The molecule has 0 bridgehead atoms. The van der Waals surface area contributed by atoms with Crippen molar-refractivity contribution in [2.75, 3.05) is 0 Å². The van der Waals surface area contributed by atoms with Crippen molar-refractivity contribution in [2.45, 2.75) is 26.2 Å². The maximum absolute atomic E-state index is 13.3. The predicted octanol–water partition coefficient (Wildman–Crippen LogP) is 3.52. The Bertz CT molecular complexity index is 834. The number of H-pyrrole nitrogens is 1. The van der Waals surface area contributed by atoms with Crippen LogP contribution in [0.4, 0.5) is 8.78 Å². The minimum atomic E-state index is -2.72. The van der Waals surface area contributed by atoms with Gasteiger partial charge in [0.2, 0.25) is 0 Å². The largest absolute Gasteiger partial charge is 0.322 e. The number of rotatable bonds is 2. The van der Waals surface area contributed by atoms with Crippen LogP contribution in [0.5, 0.6) is 0 Å². The van der Waals surface area contributed by atoms with Crippen LogP contribution in [0.25, 0.3) is 16.5 Å². The number of nitrogens with one attached hydrogen (secondary N) is 1. The van der Waals surface area contributed by atoms with Gasteiger partial charge in [-0.25, -0.2) is 8.78 Å². The Balaban J connectivity index is 2.28. The van der Waals surface area contributed by atoms with E-state index in [0.29, 0.717) is 23.7 Å². The van der Waals surface area contributed by atoms with Crippen molar-refractivity contribution in [2.24, 2.45) is 0 Å². The number of fused-ring (bicyclic) bond motifs is 1. The van der Waals surface area contributed by atoms with E-state index in [1.54, 1.807) is 24.3 Å². The van der Waals surface area contributed by atoms with Gasteiger partial charge in [-0.3, -0.25) is 9.59 Å². The molecule has 3 nitrogen and oxygen atoms in total. The normalized spacial score (nSPS) is 15.0. The molecule has 0 radical (unpaired) electrons. The number of aromatic amines is 1. The Kier molecular flexibility index (Phi) is 3.20. The molecule has 1 heterocycles. The summed E-state index contributed by atoms with van der Waals surface area (Å²) in [4.78, 5) is 25.6. The van der Waals surface area contributed by atoms with Crippen molar-refractivity contribution in [1.82, 2.24) is 4.98 Å². The number of carbonyl (C=O) groups excluding carboxylic acids is 1. The van der Waals surface area contributed by atoms with Crippen LogP contribution < -0.4 is 5.56 Å². The summed E-state index contributed by atoms with van der Waals surface area (Å²) < 4.78 is 26.6. The molecule has 2 aromatic rings. The smallest absolute Gasteiger partial charge is 0.264 e. The average molecular weight is 289 g/mol. The van der Waals surface area contributed by atoms with Gasteiger partial charge in [0.1, 0.15) is 0 Å². The van der Waals surface area contributed by atoms with Gasteiger partial charge in [-0.1, -0.05) is 6.07 Å². The topological polar surface area (TPSA) is 49.9 Å². The van der Waals surface area contributed by atoms with Crippen LogP contribution >= 0.6 is 0 Å². The Morgan fingerprint density at radius 1 is 1.19 bits per heavy atom. The fourth-order valence-corrected chi connectivity index (χ4v) is 2.72. The zero-order chi connectivity index (χ0) is 15.1. The number of benzene rings is 1. The van der Waals surface area contributed by atoms with Crippen molar-refractivity contribution < 1.29 is 13.6 Å². The Morgan fingerprint density at radius 2 is 1.95 bits per heavy atom. The van der Waals surface area contributed by atoms with Crippen LogP contribution in [0.3, 0.4) is 0 Å². The first kappa shape index (κ1) is 13.7. The first-order valence-corrected chi connectivity index (χ1v) is 6.66. The van der Waals surface area contributed by atoms with Crippen molar-refractivity contribution in [1.29, 1.82) is 0 Å². The van der Waals surface area contributed by atoms with Crippen molar-refractivity contribution >= 4 is 22.3 Å². The van der Waals surface area contributed by atoms with Gasteiger partial charge in [-0.05, 0) is 42.7 Å². The van der Waals surface area contributed by atoms with Crippen LogP contribution in [0, 0.1) is 6.92 Å². The van der Waals surface area contributed by atoms with Gasteiger partial charge in [0.15, 0.2) is 5.78 Å². The summed E-state index contributed by atoms with van der Waals surface area (Å²) in [6.07, 6.45) is -0.0812. The van der Waals surface area contributed by atoms with Crippen molar-refractivity contribution in [3.05, 3.63) is 51.3 Å². The summed E-state index contributed by atoms with van der Waals surface area (Å²) in [5, 5.41) is 0.333. The van der Waals surface area contributed by atoms with E-state index in [1.807, 2.05) is 0 Å². The molecule has 1 aromatic carbocycles. The third kappa shape index (κ3) is 2.28. The number of hydrogen-bond acceptors (Lipinski definition) is 2. The fourth-order valence-electron chi connectivity index (χ4n) is 2.72. The quantitative estimate of drug-likeness (QED) is 0.919. The van der Waals surface area contributed by atoms with E-state index in [1.165, 1.54) is 6.92 Å². The minimum Gasteiger partial charge on any atom is -0.322 e. The first-order valence-electron chi connectivity index (χ1n) is 6.66. The number of ketones is 1. The summed E-state index contributed by atoms with van der Waals surface area (Å²) in [7, 11) is 0. The number of allylic oxidation sites excluding steroid dienone is 2. The van der Waals surface area contributed by atoms with E-state index >= 15 is 0 Å². The average Bonchev–Trinajstić information content (AvgIpc) is 2.86. The lowest BCUT2D eigenvalue weighted by molar-refractivity contribution is -0.114. The van der Waals surface area contributed by atoms with E-state index in [-0.39, 0.29) is 16.9 Å². The molecule has 21 heavy (non-hydrogen) atoms. The van der Waals surface area contributed by atoms with E-state index in [0.717, 1.165) is 11.1 Å². The molecule has 0 saturated heterocycles. The Hall–Kier alpha value is -2.30. The molecule has 1 aromatic heterocycles. The molecule has 1 aliphatic carbocycles. The number of halogens is 2. The van der Waals surface area contributed by atoms with Crippen molar-refractivity contribution in [3.8, 4) is 0 Å². The van der Waals surface area contributed by atoms with Crippen LogP contribution in [-0.2, 0) is 4.79 Å². The third-order valence-electron chi connectivity index (χ3n) is 3.87. The summed E-state index contributed by atoms with van der Waals surface area (Å²) in [6.45, 7) is 1.39. The highest BCUT2D eigenvalue weighted by Gasteiger charge is 2.19. The Morgan fingerprint density at radius 3 is 2.57 bits per heavy atom. The molecule has 0 unspecified atom stereocenters. The second-order valence-electron chi connectivity index (χ2n) is 5.19. The van der Waals surface area contributed by atoms with E-state index in [2.05, 4.69) is 4.98 Å². The SMILES string of the molecule is Cc1c(C(F)F)c2cc(C3=CC(=O)CC3)ccc2[nH]c1=O. The molecular formula is C16H13F2NO2. The molecule has 0 saturated carbocycles. The number of alkyl halides is 2. The second kappa shape index (κ2) is 4.91. The van der Waals surface area contributed by atoms with E-state index in [9.17, 15) is 18.4 Å². The lowest BCUT2D eigenvalue weighted by atomic mass is 9.98. The lowest BCUT2D eigenvalue weighted by Crippen LogP contribution is -2.13. The molecule has 108 valence electrons. The van der Waals surface area contributed by atoms with Gasteiger partial charge in [0, 0.05) is 28.5 Å². The monoisotopic (exact) mass is 289 g/mol. The van der Waals surface area contributed by atoms with Gasteiger partial charge in [0.25, 0.3) is 12.0 Å². The van der Waals surface area contributed by atoms with Crippen molar-refractivity contribution in [3.63, 3.8) is 0 Å². The maximum Gasteiger partial charge on any atom is 0.264 e. The van der Waals surface area contributed by atoms with Gasteiger partial charge < -0.3 is 4.98 Å². The van der Waals surface area contributed by atoms with E-state index in [4.69, 9.17) is 0 Å². The number of aromatic nitrogens is 1. The van der Waals surface area contributed by atoms with Gasteiger partial charge in [0.05, 0.1) is 0 Å². The lowest BCUT2D eigenvalue weighted by Gasteiger charge is -2.11. The zero-order valence-corrected chi connectivity index (χ0v) is 11.4. The van der Waals surface area contributed by atoms with E-state index < -0.39 is 12.0 Å². The van der Waals surface area contributed by atoms with Gasteiger partial charge in [-0.2, -0.15) is 0 Å². The standard InChI is InChI=1S/C16H13F2NO2/c1-8-14(15(17)18)12-7-10(9-2-4-11(20)6-9)3-5-13(12)19-16(8)21/h3,5-7,15H,2,4H2,1H3,(H,19,21). The van der Waals surface area contributed by atoms with Crippen LogP contribution in [0.1, 0.15) is 36.0 Å². The van der Waals surface area contributed by atoms with Gasteiger partial charge >= 0.3 is 0 Å². The first-order chi connectivity index (χ1) is 9.97. The molecule has 0 aliphatic heterocycles. The van der Waals surface area contributed by atoms with Crippen LogP contribution in [-0.4, -0.2) is 10.8 Å². The zero-order valence-electron chi connectivity index (χ0n) is 11.4. The maximum atomic E-state index is 13.3.